The van der Waals surface area contributed by atoms with Crippen molar-refractivity contribution in [1.29, 1.82) is 0 Å². The van der Waals surface area contributed by atoms with Gasteiger partial charge in [-0.15, -0.1) is 12.4 Å². The normalized spacial score (nSPS) is 10.7. The molecule has 0 unspecified atom stereocenters. The molecular formula is C17H18Cl2N2O. The summed E-state index contributed by atoms with van der Waals surface area (Å²) in [5.41, 5.74) is 5.36. The van der Waals surface area contributed by atoms with Crippen LogP contribution in [-0.2, 0) is 11.3 Å². The van der Waals surface area contributed by atoms with E-state index in [1.165, 1.54) is 10.9 Å². The number of halogens is 2. The van der Waals surface area contributed by atoms with Crippen molar-refractivity contribution < 1.29 is 4.74 Å². The molecule has 0 bridgehead atoms. The first-order valence-corrected chi connectivity index (χ1v) is 7.38. The van der Waals surface area contributed by atoms with Crippen molar-refractivity contribution in [2.75, 3.05) is 6.61 Å². The van der Waals surface area contributed by atoms with Crippen LogP contribution in [0.5, 0.6) is 0 Å². The van der Waals surface area contributed by atoms with Gasteiger partial charge in [0.2, 0.25) is 0 Å². The molecule has 0 aliphatic carbocycles. The van der Waals surface area contributed by atoms with Crippen LogP contribution in [-0.4, -0.2) is 16.6 Å². The fourth-order valence-corrected chi connectivity index (χ4v) is 2.65. The molecule has 1 aromatic carbocycles. The maximum Gasteiger partial charge on any atom is 0.0942 e. The first-order valence-electron chi connectivity index (χ1n) is 7.00. The van der Waals surface area contributed by atoms with Gasteiger partial charge in [0.15, 0.2) is 0 Å². The first kappa shape index (κ1) is 16.8. The van der Waals surface area contributed by atoms with Crippen molar-refractivity contribution in [3.05, 3.63) is 52.8 Å². The molecule has 116 valence electrons. The third-order valence-corrected chi connectivity index (χ3v) is 3.86. The van der Waals surface area contributed by atoms with Crippen LogP contribution in [0.15, 0.2) is 36.5 Å². The average molecular weight is 337 g/mol. The van der Waals surface area contributed by atoms with E-state index in [0.717, 1.165) is 27.5 Å². The van der Waals surface area contributed by atoms with Crippen LogP contribution in [0.2, 0.25) is 5.02 Å². The molecule has 3 aromatic rings. The van der Waals surface area contributed by atoms with Crippen LogP contribution in [0.4, 0.5) is 0 Å². The summed E-state index contributed by atoms with van der Waals surface area (Å²) >= 11 is 5.96. The number of pyridine rings is 1. The molecule has 3 rings (SSSR count). The number of aryl methyl sites for hydroxylation is 1. The molecule has 2 heterocycles. The molecule has 0 saturated carbocycles. The van der Waals surface area contributed by atoms with Crippen LogP contribution in [0.1, 0.15) is 18.2 Å². The number of aromatic nitrogens is 2. The number of rotatable bonds is 4. The maximum absolute atomic E-state index is 5.96. The molecule has 1 N–H and O–H groups in total. The van der Waals surface area contributed by atoms with E-state index in [1.807, 2.05) is 43.5 Å². The second kappa shape index (κ2) is 7.14. The molecule has 22 heavy (non-hydrogen) atoms. The van der Waals surface area contributed by atoms with Gasteiger partial charge >= 0.3 is 0 Å². The second-order valence-electron chi connectivity index (χ2n) is 4.95. The molecule has 5 heteroatoms. The van der Waals surface area contributed by atoms with Gasteiger partial charge in [-0.05, 0) is 32.0 Å². The topological polar surface area (TPSA) is 37.9 Å². The summed E-state index contributed by atoms with van der Waals surface area (Å²) in [5, 5.41) is 1.89. The Hall–Kier alpha value is -1.55. The van der Waals surface area contributed by atoms with E-state index in [9.17, 15) is 0 Å². The second-order valence-corrected chi connectivity index (χ2v) is 5.39. The van der Waals surface area contributed by atoms with Gasteiger partial charge in [-0.25, -0.2) is 0 Å². The van der Waals surface area contributed by atoms with Crippen molar-refractivity contribution in [2.45, 2.75) is 20.5 Å². The van der Waals surface area contributed by atoms with E-state index >= 15 is 0 Å². The van der Waals surface area contributed by atoms with Crippen LogP contribution in [0.3, 0.4) is 0 Å². The quantitative estimate of drug-likeness (QED) is 0.715. The Labute approximate surface area is 141 Å². The zero-order chi connectivity index (χ0) is 14.8. The Kier molecular flexibility index (Phi) is 5.46. The number of nitrogens with one attached hydrogen (secondary N) is 1. The number of ether oxygens (including phenoxy) is 1. The third kappa shape index (κ3) is 3.12. The molecule has 0 saturated heterocycles. The lowest BCUT2D eigenvalue weighted by Crippen LogP contribution is -1.92. The Morgan fingerprint density at radius 2 is 1.91 bits per heavy atom. The summed E-state index contributed by atoms with van der Waals surface area (Å²) in [6, 6.07) is 9.78. The van der Waals surface area contributed by atoms with E-state index in [-0.39, 0.29) is 12.4 Å². The maximum atomic E-state index is 5.96. The Morgan fingerprint density at radius 1 is 1.18 bits per heavy atom. The summed E-state index contributed by atoms with van der Waals surface area (Å²) < 4.78 is 5.57. The third-order valence-electron chi connectivity index (χ3n) is 3.61. The van der Waals surface area contributed by atoms with Gasteiger partial charge in [-0.2, -0.15) is 0 Å². The van der Waals surface area contributed by atoms with E-state index in [1.54, 1.807) is 0 Å². The van der Waals surface area contributed by atoms with Crippen LogP contribution in [0.25, 0.3) is 22.2 Å². The van der Waals surface area contributed by atoms with Crippen LogP contribution in [0, 0.1) is 6.92 Å². The summed E-state index contributed by atoms with van der Waals surface area (Å²) in [7, 11) is 0. The highest BCUT2D eigenvalue weighted by Crippen LogP contribution is 2.30. The fraction of sp³-hybridized carbons (Fsp3) is 0.235. The van der Waals surface area contributed by atoms with E-state index in [0.29, 0.717) is 13.2 Å². The largest absolute Gasteiger partial charge is 0.377 e. The van der Waals surface area contributed by atoms with Gasteiger partial charge in [0.25, 0.3) is 0 Å². The lowest BCUT2D eigenvalue weighted by atomic mass is 10.1. The summed E-state index contributed by atoms with van der Waals surface area (Å²) in [6.45, 7) is 5.40. The van der Waals surface area contributed by atoms with Crippen LogP contribution >= 0.6 is 24.0 Å². The van der Waals surface area contributed by atoms with Crippen molar-refractivity contribution in [3.8, 4) is 11.3 Å². The lowest BCUT2D eigenvalue weighted by molar-refractivity contribution is 0.134. The van der Waals surface area contributed by atoms with E-state index < -0.39 is 0 Å². The predicted octanol–water partition coefficient (Wildman–Crippen LogP) is 5.15. The molecule has 0 aliphatic rings. The van der Waals surface area contributed by atoms with Gasteiger partial charge in [-0.3, -0.25) is 4.98 Å². The lowest BCUT2D eigenvalue weighted by Gasteiger charge is -2.04. The molecule has 0 aliphatic heterocycles. The minimum absolute atomic E-state index is 0. The SMILES string of the molecule is CCOCc1c(C)[nH]c2c(-c3ccc(Cl)cc3)nccc12.Cl. The van der Waals surface area contributed by atoms with Crippen LogP contribution < -0.4 is 0 Å². The zero-order valence-electron chi connectivity index (χ0n) is 12.5. The molecule has 0 atom stereocenters. The molecule has 0 fully saturated rings. The molecule has 3 nitrogen and oxygen atoms in total. The molecular weight excluding hydrogens is 319 g/mol. The van der Waals surface area contributed by atoms with Crippen molar-refractivity contribution in [2.24, 2.45) is 0 Å². The average Bonchev–Trinajstić information content (AvgIpc) is 2.81. The fourth-order valence-electron chi connectivity index (χ4n) is 2.52. The van der Waals surface area contributed by atoms with Gasteiger partial charge in [0.1, 0.15) is 0 Å². The van der Waals surface area contributed by atoms with Crippen molar-refractivity contribution >= 4 is 34.9 Å². The smallest absolute Gasteiger partial charge is 0.0942 e. The predicted molar refractivity (Wildman–Crippen MR) is 93.9 cm³/mol. The van der Waals surface area contributed by atoms with Gasteiger partial charge in [0, 0.05) is 40.0 Å². The molecule has 0 radical (unpaired) electrons. The zero-order valence-corrected chi connectivity index (χ0v) is 14.1. The number of hydrogen-bond donors (Lipinski definition) is 1. The highest BCUT2D eigenvalue weighted by Gasteiger charge is 2.13. The number of H-pyrrole nitrogens is 1. The molecule has 0 amide bonds. The molecule has 0 spiro atoms. The summed E-state index contributed by atoms with van der Waals surface area (Å²) in [5.74, 6) is 0. The Bertz CT molecular complexity index is 766. The first-order chi connectivity index (χ1) is 10.2. The molecule has 2 aromatic heterocycles. The number of nitrogens with zero attached hydrogens (tertiary/aromatic N) is 1. The monoisotopic (exact) mass is 336 g/mol. The standard InChI is InChI=1S/C17H17ClN2O.ClH/c1-3-21-10-15-11(2)20-17-14(15)8-9-19-16(17)12-4-6-13(18)7-5-12;/h4-9,20H,3,10H2,1-2H3;1H. The summed E-state index contributed by atoms with van der Waals surface area (Å²) in [4.78, 5) is 7.97. The van der Waals surface area contributed by atoms with Gasteiger partial charge < -0.3 is 9.72 Å². The van der Waals surface area contributed by atoms with Gasteiger partial charge in [0.05, 0.1) is 17.8 Å². The van der Waals surface area contributed by atoms with Gasteiger partial charge in [-0.1, -0.05) is 23.7 Å². The highest BCUT2D eigenvalue weighted by atomic mass is 35.5. The summed E-state index contributed by atoms with van der Waals surface area (Å²) in [6.07, 6.45) is 1.84. The number of fused-ring (bicyclic) bond motifs is 1. The van der Waals surface area contributed by atoms with Crippen molar-refractivity contribution in [3.63, 3.8) is 0 Å². The Morgan fingerprint density at radius 3 is 2.59 bits per heavy atom. The number of hydrogen-bond acceptors (Lipinski definition) is 2. The Balaban J connectivity index is 0.00000176. The highest BCUT2D eigenvalue weighted by molar-refractivity contribution is 6.30. The van der Waals surface area contributed by atoms with Crippen molar-refractivity contribution in [1.82, 2.24) is 9.97 Å². The number of benzene rings is 1. The van der Waals surface area contributed by atoms with E-state index in [4.69, 9.17) is 16.3 Å². The number of aromatic amines is 1. The minimum Gasteiger partial charge on any atom is -0.377 e. The van der Waals surface area contributed by atoms with E-state index in [2.05, 4.69) is 16.9 Å². The minimum atomic E-state index is 0.